The van der Waals surface area contributed by atoms with Crippen molar-refractivity contribution in [3.05, 3.63) is 18.0 Å². The normalized spacial score (nSPS) is 20.5. The second kappa shape index (κ2) is 4.44. The molecule has 0 N–H and O–H groups in total. The van der Waals surface area contributed by atoms with Gasteiger partial charge in [0, 0.05) is 12.8 Å². The highest BCUT2D eigenvalue weighted by Gasteiger charge is 2.19. The molecule has 1 unspecified atom stereocenters. The minimum Gasteiger partial charge on any atom is -0.461 e. The van der Waals surface area contributed by atoms with Crippen LogP contribution in [0.3, 0.4) is 0 Å². The van der Waals surface area contributed by atoms with Crippen molar-refractivity contribution >= 4 is 5.97 Å². The third-order valence-electron chi connectivity index (χ3n) is 2.29. The van der Waals surface area contributed by atoms with E-state index < -0.39 is 0 Å². The number of carbonyl (C=O) groups is 1. The molecule has 1 atom stereocenters. The molecule has 0 spiro atoms. The van der Waals surface area contributed by atoms with E-state index >= 15 is 0 Å². The van der Waals surface area contributed by atoms with Gasteiger partial charge in [-0.3, -0.25) is 0 Å². The molecule has 1 aromatic rings. The molecular weight excluding hydrogens is 196 g/mol. The molecule has 5 heteroatoms. The molecule has 0 radical (unpaired) electrons. The average Bonchev–Trinajstić information content (AvgIpc) is 2.89. The number of ether oxygens (including phenoxy) is 2. The zero-order chi connectivity index (χ0) is 10.7. The molecule has 2 heterocycles. The Hall–Kier alpha value is -1.36. The van der Waals surface area contributed by atoms with Crippen molar-refractivity contribution in [3.8, 4) is 0 Å². The van der Waals surface area contributed by atoms with Crippen LogP contribution in [0.1, 0.15) is 36.5 Å². The number of hydrogen-bond acceptors (Lipinski definition) is 4. The predicted molar refractivity (Wildman–Crippen MR) is 52.4 cm³/mol. The fourth-order valence-electron chi connectivity index (χ4n) is 1.58. The minimum absolute atomic E-state index is 0.0202. The number of rotatable bonds is 3. The maximum absolute atomic E-state index is 11.3. The van der Waals surface area contributed by atoms with Gasteiger partial charge >= 0.3 is 5.97 Å². The highest BCUT2D eigenvalue weighted by molar-refractivity contribution is 5.86. The molecule has 1 fully saturated rings. The predicted octanol–water partition coefficient (Wildman–Crippen LogP) is 1.37. The van der Waals surface area contributed by atoms with Crippen LogP contribution in [0, 0.1) is 0 Å². The first-order valence-electron chi connectivity index (χ1n) is 5.15. The molecule has 2 rings (SSSR count). The summed E-state index contributed by atoms with van der Waals surface area (Å²) >= 11 is 0. The van der Waals surface area contributed by atoms with E-state index in [0.717, 1.165) is 19.4 Å². The van der Waals surface area contributed by atoms with Crippen molar-refractivity contribution in [1.82, 2.24) is 9.78 Å². The number of hydrogen-bond donors (Lipinski definition) is 0. The maximum atomic E-state index is 11.3. The third kappa shape index (κ3) is 2.18. The van der Waals surface area contributed by atoms with Crippen LogP contribution in [0.15, 0.2) is 12.3 Å². The first-order valence-corrected chi connectivity index (χ1v) is 5.15. The summed E-state index contributed by atoms with van der Waals surface area (Å²) in [5.41, 5.74) is 0.340. The molecule has 1 aromatic heterocycles. The fraction of sp³-hybridized carbons (Fsp3) is 0.600. The number of carbonyl (C=O) groups excluding carboxylic acids is 1. The van der Waals surface area contributed by atoms with Gasteiger partial charge < -0.3 is 9.47 Å². The number of aromatic nitrogens is 2. The number of nitrogens with zero attached hydrogens (tertiary/aromatic N) is 2. The van der Waals surface area contributed by atoms with Crippen LogP contribution in [-0.2, 0) is 9.47 Å². The van der Waals surface area contributed by atoms with Crippen LogP contribution >= 0.6 is 0 Å². The molecular formula is C10H14N2O3. The smallest absolute Gasteiger partial charge is 0.358 e. The van der Waals surface area contributed by atoms with Crippen LogP contribution in [0.2, 0.25) is 0 Å². The van der Waals surface area contributed by atoms with Gasteiger partial charge in [0.05, 0.1) is 6.61 Å². The Morgan fingerprint density at radius 2 is 2.67 bits per heavy atom. The first kappa shape index (κ1) is 10.2. The Kier molecular flexibility index (Phi) is 3.01. The van der Waals surface area contributed by atoms with Gasteiger partial charge in [-0.1, -0.05) is 0 Å². The van der Waals surface area contributed by atoms with E-state index in [1.165, 1.54) is 0 Å². The van der Waals surface area contributed by atoms with E-state index in [1.807, 2.05) is 0 Å². The second-order valence-corrected chi connectivity index (χ2v) is 3.37. The van der Waals surface area contributed by atoms with Crippen LogP contribution in [0.4, 0.5) is 0 Å². The summed E-state index contributed by atoms with van der Waals surface area (Å²) in [6, 6.07) is 1.65. The molecule has 1 aliphatic rings. The van der Waals surface area contributed by atoms with E-state index in [9.17, 15) is 4.79 Å². The van der Waals surface area contributed by atoms with Gasteiger partial charge in [-0.2, -0.15) is 5.10 Å². The highest BCUT2D eigenvalue weighted by atomic mass is 16.5. The second-order valence-electron chi connectivity index (χ2n) is 3.37. The Bertz CT molecular complexity index is 342. The van der Waals surface area contributed by atoms with Crippen molar-refractivity contribution in [2.75, 3.05) is 13.2 Å². The van der Waals surface area contributed by atoms with Gasteiger partial charge in [0.2, 0.25) is 0 Å². The van der Waals surface area contributed by atoms with Crippen LogP contribution < -0.4 is 0 Å². The SMILES string of the molecule is CCOC(=O)c1ccn(C2CCCO2)n1. The Labute approximate surface area is 88.0 Å². The standard InChI is InChI=1S/C10H14N2O3/c1-2-14-10(13)8-5-6-12(11-8)9-4-3-7-15-9/h5-6,9H,2-4,7H2,1H3. The van der Waals surface area contributed by atoms with Gasteiger partial charge in [0.1, 0.15) is 6.23 Å². The monoisotopic (exact) mass is 210 g/mol. The Morgan fingerprint density at radius 3 is 3.33 bits per heavy atom. The summed E-state index contributed by atoms with van der Waals surface area (Å²) in [4.78, 5) is 11.3. The molecule has 0 bridgehead atoms. The summed E-state index contributed by atoms with van der Waals surface area (Å²) < 4.78 is 12.0. The van der Waals surface area contributed by atoms with Crippen molar-refractivity contribution in [2.45, 2.75) is 26.0 Å². The van der Waals surface area contributed by atoms with E-state index in [1.54, 1.807) is 23.9 Å². The van der Waals surface area contributed by atoms with E-state index in [0.29, 0.717) is 12.3 Å². The van der Waals surface area contributed by atoms with Crippen molar-refractivity contribution < 1.29 is 14.3 Å². The van der Waals surface area contributed by atoms with E-state index in [4.69, 9.17) is 9.47 Å². The topological polar surface area (TPSA) is 53.4 Å². The lowest BCUT2D eigenvalue weighted by molar-refractivity contribution is 0.0435. The van der Waals surface area contributed by atoms with Gasteiger partial charge in [0.15, 0.2) is 5.69 Å². The van der Waals surface area contributed by atoms with Gasteiger partial charge in [-0.05, 0) is 25.8 Å². The van der Waals surface area contributed by atoms with Crippen molar-refractivity contribution in [3.63, 3.8) is 0 Å². The Balaban J connectivity index is 2.06. The molecule has 0 aromatic carbocycles. The maximum Gasteiger partial charge on any atom is 0.358 e. The lowest BCUT2D eigenvalue weighted by Gasteiger charge is -2.08. The minimum atomic E-state index is -0.380. The zero-order valence-electron chi connectivity index (χ0n) is 8.68. The third-order valence-corrected chi connectivity index (χ3v) is 2.29. The van der Waals surface area contributed by atoms with Crippen molar-refractivity contribution in [2.24, 2.45) is 0 Å². The van der Waals surface area contributed by atoms with E-state index in [-0.39, 0.29) is 12.2 Å². The lowest BCUT2D eigenvalue weighted by atomic mass is 10.3. The molecule has 82 valence electrons. The van der Waals surface area contributed by atoms with Gasteiger partial charge in [0.25, 0.3) is 0 Å². The summed E-state index contributed by atoms with van der Waals surface area (Å²) in [6.45, 7) is 2.90. The van der Waals surface area contributed by atoms with Gasteiger partial charge in [-0.15, -0.1) is 0 Å². The largest absolute Gasteiger partial charge is 0.461 e. The average molecular weight is 210 g/mol. The Morgan fingerprint density at radius 1 is 1.80 bits per heavy atom. The summed E-state index contributed by atoms with van der Waals surface area (Å²) in [5.74, 6) is -0.380. The van der Waals surface area contributed by atoms with Crippen molar-refractivity contribution in [1.29, 1.82) is 0 Å². The van der Waals surface area contributed by atoms with Gasteiger partial charge in [-0.25, -0.2) is 9.48 Å². The number of esters is 1. The summed E-state index contributed by atoms with van der Waals surface area (Å²) in [5, 5.41) is 4.13. The molecule has 5 nitrogen and oxygen atoms in total. The first-order chi connectivity index (χ1) is 7.31. The quantitative estimate of drug-likeness (QED) is 0.707. The lowest BCUT2D eigenvalue weighted by Crippen LogP contribution is -2.11. The molecule has 0 aliphatic carbocycles. The molecule has 0 amide bonds. The molecule has 0 saturated carbocycles. The summed E-state index contributed by atoms with van der Waals surface area (Å²) in [7, 11) is 0. The van der Waals surface area contributed by atoms with Crippen LogP contribution in [0.25, 0.3) is 0 Å². The van der Waals surface area contributed by atoms with Crippen LogP contribution in [0.5, 0.6) is 0 Å². The van der Waals surface area contributed by atoms with E-state index in [2.05, 4.69) is 5.10 Å². The van der Waals surface area contributed by atoms with Crippen LogP contribution in [-0.4, -0.2) is 29.0 Å². The molecule has 1 aliphatic heterocycles. The zero-order valence-corrected chi connectivity index (χ0v) is 8.68. The molecule has 1 saturated heterocycles. The highest BCUT2D eigenvalue weighted by Crippen LogP contribution is 2.21. The summed E-state index contributed by atoms with van der Waals surface area (Å²) in [6.07, 6.45) is 3.72. The fourth-order valence-corrected chi connectivity index (χ4v) is 1.58. The molecule has 15 heavy (non-hydrogen) atoms.